The lowest BCUT2D eigenvalue weighted by molar-refractivity contribution is 0.131. The van der Waals surface area contributed by atoms with Crippen LogP contribution >= 0.6 is 0 Å². The van der Waals surface area contributed by atoms with E-state index in [-0.39, 0.29) is 0 Å². The lowest BCUT2D eigenvalue weighted by atomic mass is 9.57. The molecule has 5 atom stereocenters. The Morgan fingerprint density at radius 2 is 1.93 bits per heavy atom. The standard InChI is InChI=1S/C14H27B/c1-5-11-9-10(3)12-13(4,15)7-8-14(11,12)6-2/h10-12H,5-9,15H2,1-4H3. The summed E-state index contributed by atoms with van der Waals surface area (Å²) < 4.78 is 0. The number of hydrogen-bond acceptors (Lipinski definition) is 0. The zero-order valence-electron chi connectivity index (χ0n) is 11.3. The van der Waals surface area contributed by atoms with E-state index in [9.17, 15) is 0 Å². The number of rotatable bonds is 2. The van der Waals surface area contributed by atoms with Crippen LogP contribution in [0.15, 0.2) is 0 Å². The minimum Gasteiger partial charge on any atom is -0.0666 e. The third kappa shape index (κ3) is 1.41. The maximum atomic E-state index is 2.52. The molecule has 0 aliphatic heterocycles. The lowest BCUT2D eigenvalue weighted by Gasteiger charge is -2.39. The van der Waals surface area contributed by atoms with Gasteiger partial charge in [0.25, 0.3) is 0 Å². The van der Waals surface area contributed by atoms with Crippen LogP contribution < -0.4 is 0 Å². The predicted molar refractivity (Wildman–Crippen MR) is 69.9 cm³/mol. The van der Waals surface area contributed by atoms with Crippen LogP contribution in [0.3, 0.4) is 0 Å². The summed E-state index contributed by atoms with van der Waals surface area (Å²) in [6.07, 6.45) is 7.30. The van der Waals surface area contributed by atoms with E-state index in [1.807, 2.05) is 0 Å². The van der Waals surface area contributed by atoms with Crippen LogP contribution in [-0.4, -0.2) is 7.85 Å². The van der Waals surface area contributed by atoms with Gasteiger partial charge in [0.2, 0.25) is 0 Å². The zero-order chi connectivity index (χ0) is 11.3. The van der Waals surface area contributed by atoms with Gasteiger partial charge in [-0.25, -0.2) is 0 Å². The highest BCUT2D eigenvalue weighted by molar-refractivity contribution is 6.15. The van der Waals surface area contributed by atoms with Gasteiger partial charge in [-0.1, -0.05) is 45.9 Å². The van der Waals surface area contributed by atoms with E-state index >= 15 is 0 Å². The first-order chi connectivity index (χ1) is 6.98. The Morgan fingerprint density at radius 1 is 1.27 bits per heavy atom. The van der Waals surface area contributed by atoms with E-state index in [2.05, 4.69) is 35.5 Å². The van der Waals surface area contributed by atoms with Crippen LogP contribution in [0.4, 0.5) is 0 Å². The molecule has 0 saturated heterocycles. The summed E-state index contributed by atoms with van der Waals surface area (Å²) in [7, 11) is 2.52. The normalized spacial score (nSPS) is 54.5. The fourth-order valence-electron chi connectivity index (χ4n) is 5.52. The fraction of sp³-hybridized carbons (Fsp3) is 1.00. The summed E-state index contributed by atoms with van der Waals surface area (Å²) in [6, 6.07) is 0. The molecule has 0 heterocycles. The largest absolute Gasteiger partial charge is 0.109 e. The van der Waals surface area contributed by atoms with Gasteiger partial charge in [-0.3, -0.25) is 0 Å². The van der Waals surface area contributed by atoms with E-state index in [1.54, 1.807) is 0 Å². The minimum absolute atomic E-state index is 0.610. The van der Waals surface area contributed by atoms with Crippen LogP contribution in [0.1, 0.15) is 59.8 Å². The Balaban J connectivity index is 2.36. The van der Waals surface area contributed by atoms with Crippen LogP contribution in [0.25, 0.3) is 0 Å². The first-order valence-electron chi connectivity index (χ1n) is 6.98. The van der Waals surface area contributed by atoms with Gasteiger partial charge in [-0.05, 0) is 42.4 Å². The molecular weight excluding hydrogens is 179 g/mol. The summed E-state index contributed by atoms with van der Waals surface area (Å²) in [5.41, 5.74) is 0.720. The van der Waals surface area contributed by atoms with E-state index in [0.29, 0.717) is 5.31 Å². The molecule has 2 rings (SSSR count). The van der Waals surface area contributed by atoms with Crippen molar-refractivity contribution in [3.05, 3.63) is 0 Å². The van der Waals surface area contributed by atoms with Crippen LogP contribution in [0.2, 0.25) is 5.31 Å². The molecule has 86 valence electrons. The molecule has 1 heteroatoms. The van der Waals surface area contributed by atoms with Gasteiger partial charge in [0, 0.05) is 0 Å². The van der Waals surface area contributed by atoms with Gasteiger partial charge >= 0.3 is 0 Å². The molecule has 0 amide bonds. The Bertz CT molecular complexity index is 246. The van der Waals surface area contributed by atoms with Crippen LogP contribution in [-0.2, 0) is 0 Å². The smallest absolute Gasteiger partial charge is 0.0666 e. The quantitative estimate of drug-likeness (QED) is 0.604. The Morgan fingerprint density at radius 3 is 2.47 bits per heavy atom. The molecule has 2 fully saturated rings. The molecule has 2 aliphatic carbocycles. The Hall–Kier alpha value is 0.0649. The van der Waals surface area contributed by atoms with Crippen molar-refractivity contribution in [2.45, 2.75) is 65.1 Å². The monoisotopic (exact) mass is 206 g/mol. The molecule has 0 aromatic carbocycles. The third-order valence-corrected chi connectivity index (χ3v) is 5.89. The molecule has 0 bridgehead atoms. The van der Waals surface area contributed by atoms with Gasteiger partial charge in [-0.2, -0.15) is 0 Å². The molecular formula is C14H27B. The van der Waals surface area contributed by atoms with E-state index in [4.69, 9.17) is 0 Å². The highest BCUT2D eigenvalue weighted by atomic mass is 14.6. The second-order valence-corrected chi connectivity index (χ2v) is 6.87. The van der Waals surface area contributed by atoms with Gasteiger partial charge in [-0.15, -0.1) is 0 Å². The molecule has 0 aromatic rings. The molecule has 0 N–H and O–H groups in total. The second kappa shape index (κ2) is 3.53. The average Bonchev–Trinajstić information content (AvgIpc) is 2.63. The first kappa shape index (κ1) is 11.5. The average molecular weight is 206 g/mol. The minimum atomic E-state index is 0.610. The topological polar surface area (TPSA) is 0 Å². The number of fused-ring (bicyclic) bond motifs is 1. The van der Waals surface area contributed by atoms with Crippen molar-refractivity contribution in [2.75, 3.05) is 0 Å². The van der Waals surface area contributed by atoms with E-state index < -0.39 is 0 Å². The molecule has 0 spiro atoms. The molecule has 0 nitrogen and oxygen atoms in total. The van der Waals surface area contributed by atoms with Crippen molar-refractivity contribution >= 4 is 7.85 Å². The van der Waals surface area contributed by atoms with Crippen LogP contribution in [0.5, 0.6) is 0 Å². The second-order valence-electron chi connectivity index (χ2n) is 6.87. The molecule has 2 saturated carbocycles. The highest BCUT2D eigenvalue weighted by Crippen LogP contribution is 2.70. The number of hydrogen-bond donors (Lipinski definition) is 0. The van der Waals surface area contributed by atoms with Gasteiger partial charge in [0.05, 0.1) is 0 Å². The zero-order valence-corrected chi connectivity index (χ0v) is 11.3. The Kier molecular flexibility index (Phi) is 2.72. The van der Waals surface area contributed by atoms with Gasteiger partial charge in [0.1, 0.15) is 7.85 Å². The van der Waals surface area contributed by atoms with Crippen molar-refractivity contribution in [2.24, 2.45) is 23.2 Å². The molecule has 5 unspecified atom stereocenters. The maximum Gasteiger partial charge on any atom is 0.109 e. The van der Waals surface area contributed by atoms with Gasteiger partial charge < -0.3 is 0 Å². The SMILES string of the molecule is BC1(C)CCC2(CC)C(CC)CC(C)C12. The van der Waals surface area contributed by atoms with Crippen molar-refractivity contribution < 1.29 is 0 Å². The summed E-state index contributed by atoms with van der Waals surface area (Å²) in [6.45, 7) is 9.87. The summed E-state index contributed by atoms with van der Waals surface area (Å²) >= 11 is 0. The van der Waals surface area contributed by atoms with Gasteiger partial charge in [0.15, 0.2) is 0 Å². The summed E-state index contributed by atoms with van der Waals surface area (Å²) in [4.78, 5) is 0. The maximum absolute atomic E-state index is 2.52. The summed E-state index contributed by atoms with van der Waals surface area (Å²) in [5, 5.41) is 0.610. The Labute approximate surface area is 96.6 Å². The van der Waals surface area contributed by atoms with Crippen molar-refractivity contribution in [3.63, 3.8) is 0 Å². The first-order valence-corrected chi connectivity index (χ1v) is 6.98. The van der Waals surface area contributed by atoms with Crippen LogP contribution in [0, 0.1) is 23.2 Å². The fourth-order valence-corrected chi connectivity index (χ4v) is 5.52. The predicted octanol–water partition coefficient (Wildman–Crippen LogP) is 3.67. The molecule has 2 aliphatic rings. The molecule has 0 radical (unpaired) electrons. The third-order valence-electron chi connectivity index (χ3n) is 5.89. The molecule has 0 aromatic heterocycles. The van der Waals surface area contributed by atoms with E-state index in [1.165, 1.54) is 32.1 Å². The van der Waals surface area contributed by atoms with E-state index in [0.717, 1.165) is 23.2 Å². The highest BCUT2D eigenvalue weighted by Gasteiger charge is 2.59. The lowest BCUT2D eigenvalue weighted by Crippen LogP contribution is -2.31. The van der Waals surface area contributed by atoms with Crippen molar-refractivity contribution in [1.82, 2.24) is 0 Å². The summed E-state index contributed by atoms with van der Waals surface area (Å²) in [5.74, 6) is 2.98. The molecule has 15 heavy (non-hydrogen) atoms. The van der Waals surface area contributed by atoms with Crippen molar-refractivity contribution in [1.29, 1.82) is 0 Å². The van der Waals surface area contributed by atoms with Crippen molar-refractivity contribution in [3.8, 4) is 0 Å².